The second-order valence-corrected chi connectivity index (χ2v) is 6.60. The molecule has 1 fully saturated rings. The summed E-state index contributed by atoms with van der Waals surface area (Å²) in [4.78, 5) is 7.11. The summed E-state index contributed by atoms with van der Waals surface area (Å²) in [6, 6.07) is 0.677. The molecule has 3 nitrogen and oxygen atoms in total. The first-order valence-corrected chi connectivity index (χ1v) is 7.01. The highest BCUT2D eigenvalue weighted by Gasteiger charge is 2.30. The van der Waals surface area contributed by atoms with Crippen molar-refractivity contribution in [3.63, 3.8) is 0 Å². The summed E-state index contributed by atoms with van der Waals surface area (Å²) in [5, 5.41) is 3.50. The molecule has 0 radical (unpaired) electrons. The van der Waals surface area contributed by atoms with Crippen molar-refractivity contribution >= 4 is 5.96 Å². The molecule has 98 valence electrons. The summed E-state index contributed by atoms with van der Waals surface area (Å²) in [5.41, 5.74) is 0.308. The maximum atomic E-state index is 4.72. The van der Waals surface area contributed by atoms with E-state index < -0.39 is 0 Å². The number of rotatable bonds is 1. The zero-order valence-corrected chi connectivity index (χ0v) is 11.8. The van der Waals surface area contributed by atoms with Crippen molar-refractivity contribution in [3.8, 4) is 0 Å². The largest absolute Gasteiger partial charge is 0.356 e. The van der Waals surface area contributed by atoms with Crippen molar-refractivity contribution in [1.82, 2.24) is 10.2 Å². The van der Waals surface area contributed by atoms with Crippen LogP contribution in [0.2, 0.25) is 0 Å². The van der Waals surface area contributed by atoms with Crippen LogP contribution in [0.25, 0.3) is 0 Å². The molecule has 0 saturated heterocycles. The van der Waals surface area contributed by atoms with Gasteiger partial charge in [-0.25, -0.2) is 0 Å². The number of hydrogen-bond acceptors (Lipinski definition) is 3. The second kappa shape index (κ2) is 4.87. The lowest BCUT2D eigenvalue weighted by Gasteiger charge is -2.40. The molecular formula is C14H27N3. The van der Waals surface area contributed by atoms with Gasteiger partial charge in [0.2, 0.25) is 0 Å². The van der Waals surface area contributed by atoms with Crippen LogP contribution in [0.3, 0.4) is 0 Å². The van der Waals surface area contributed by atoms with Crippen LogP contribution in [0.4, 0.5) is 0 Å². The van der Waals surface area contributed by atoms with Gasteiger partial charge in [-0.1, -0.05) is 33.6 Å². The Morgan fingerprint density at radius 2 is 2.00 bits per heavy atom. The predicted molar refractivity (Wildman–Crippen MR) is 73.3 cm³/mol. The SMILES string of the molecule is CC1CCCCC1N(C)C1=NCC(C)(C)CN1. The minimum atomic E-state index is 0.308. The average Bonchev–Trinajstić information content (AvgIpc) is 2.29. The third kappa shape index (κ3) is 2.93. The summed E-state index contributed by atoms with van der Waals surface area (Å²) >= 11 is 0. The van der Waals surface area contributed by atoms with Gasteiger partial charge in [0.05, 0.1) is 0 Å². The standard InChI is InChI=1S/C14H27N3/c1-11-7-5-6-8-12(11)17(4)13-15-9-14(2,3)10-16-13/h11-12H,5-10H2,1-4H3,(H,15,16). The molecule has 0 spiro atoms. The minimum Gasteiger partial charge on any atom is -0.356 e. The molecule has 1 heterocycles. The van der Waals surface area contributed by atoms with Gasteiger partial charge in [-0.2, -0.15) is 0 Å². The van der Waals surface area contributed by atoms with E-state index in [0.29, 0.717) is 11.5 Å². The highest BCUT2D eigenvalue weighted by atomic mass is 15.3. The van der Waals surface area contributed by atoms with E-state index in [9.17, 15) is 0 Å². The molecule has 1 aliphatic heterocycles. The Labute approximate surface area is 106 Å². The summed E-state index contributed by atoms with van der Waals surface area (Å²) < 4.78 is 0. The van der Waals surface area contributed by atoms with Gasteiger partial charge in [0.15, 0.2) is 5.96 Å². The van der Waals surface area contributed by atoms with Crippen molar-refractivity contribution < 1.29 is 0 Å². The smallest absolute Gasteiger partial charge is 0.193 e. The fourth-order valence-electron chi connectivity index (χ4n) is 2.98. The van der Waals surface area contributed by atoms with E-state index in [2.05, 4.69) is 38.0 Å². The van der Waals surface area contributed by atoms with Gasteiger partial charge < -0.3 is 10.2 Å². The predicted octanol–water partition coefficient (Wildman–Crippen LogP) is 2.48. The molecule has 2 aliphatic rings. The summed E-state index contributed by atoms with van der Waals surface area (Å²) in [6.45, 7) is 8.90. The van der Waals surface area contributed by atoms with Gasteiger partial charge in [-0.15, -0.1) is 0 Å². The Balaban J connectivity index is 2.00. The maximum absolute atomic E-state index is 4.72. The van der Waals surface area contributed by atoms with Gasteiger partial charge in [0.1, 0.15) is 0 Å². The molecule has 2 atom stereocenters. The number of nitrogens with one attached hydrogen (secondary N) is 1. The quantitative estimate of drug-likeness (QED) is 0.759. The molecule has 0 aromatic carbocycles. The molecule has 2 unspecified atom stereocenters. The zero-order chi connectivity index (χ0) is 12.5. The maximum Gasteiger partial charge on any atom is 0.193 e. The molecule has 17 heavy (non-hydrogen) atoms. The molecule has 3 heteroatoms. The Morgan fingerprint density at radius 1 is 1.29 bits per heavy atom. The van der Waals surface area contributed by atoms with Gasteiger partial charge in [-0.3, -0.25) is 4.99 Å². The highest BCUT2D eigenvalue weighted by molar-refractivity contribution is 5.80. The Kier molecular flexibility index (Phi) is 3.64. The molecule has 0 aromatic rings. The Morgan fingerprint density at radius 3 is 2.59 bits per heavy atom. The highest BCUT2D eigenvalue weighted by Crippen LogP contribution is 2.28. The van der Waals surface area contributed by atoms with Gasteiger partial charge in [-0.05, 0) is 18.8 Å². The Bertz CT molecular complexity index is 296. The molecule has 0 amide bonds. The zero-order valence-electron chi connectivity index (χ0n) is 11.8. The normalized spacial score (nSPS) is 32.6. The van der Waals surface area contributed by atoms with Crippen LogP contribution < -0.4 is 5.32 Å². The molecule has 0 bridgehead atoms. The van der Waals surface area contributed by atoms with Gasteiger partial charge in [0, 0.05) is 31.6 Å². The first-order valence-electron chi connectivity index (χ1n) is 7.01. The number of aliphatic imine (C=N–C) groups is 1. The second-order valence-electron chi connectivity index (χ2n) is 6.60. The number of hydrogen-bond donors (Lipinski definition) is 1. The van der Waals surface area contributed by atoms with Crippen molar-refractivity contribution in [2.75, 3.05) is 20.1 Å². The third-order valence-corrected chi connectivity index (χ3v) is 4.28. The lowest BCUT2D eigenvalue weighted by atomic mass is 9.85. The van der Waals surface area contributed by atoms with E-state index >= 15 is 0 Å². The monoisotopic (exact) mass is 237 g/mol. The van der Waals surface area contributed by atoms with Crippen molar-refractivity contribution in [1.29, 1.82) is 0 Å². The van der Waals surface area contributed by atoms with Crippen LogP contribution in [0.15, 0.2) is 4.99 Å². The fraction of sp³-hybridized carbons (Fsp3) is 0.929. The molecule has 1 N–H and O–H groups in total. The van der Waals surface area contributed by atoms with Crippen LogP contribution in [-0.2, 0) is 0 Å². The van der Waals surface area contributed by atoms with Crippen molar-refractivity contribution in [2.45, 2.75) is 52.5 Å². The number of nitrogens with zero attached hydrogens (tertiary/aromatic N) is 2. The van der Waals surface area contributed by atoms with Gasteiger partial charge in [0.25, 0.3) is 0 Å². The molecule has 2 rings (SSSR count). The molecule has 0 aromatic heterocycles. The molecular weight excluding hydrogens is 210 g/mol. The number of guanidine groups is 1. The van der Waals surface area contributed by atoms with Crippen LogP contribution >= 0.6 is 0 Å². The topological polar surface area (TPSA) is 27.6 Å². The van der Waals surface area contributed by atoms with Gasteiger partial charge >= 0.3 is 0 Å². The van der Waals surface area contributed by atoms with Crippen LogP contribution in [0.1, 0.15) is 46.5 Å². The summed E-state index contributed by atoms with van der Waals surface area (Å²) in [7, 11) is 2.20. The van der Waals surface area contributed by atoms with E-state index in [4.69, 9.17) is 4.99 Å². The van der Waals surface area contributed by atoms with E-state index in [0.717, 1.165) is 25.0 Å². The third-order valence-electron chi connectivity index (χ3n) is 4.28. The fourth-order valence-corrected chi connectivity index (χ4v) is 2.98. The molecule has 1 saturated carbocycles. The lowest BCUT2D eigenvalue weighted by Crippen LogP contribution is -2.53. The van der Waals surface area contributed by atoms with Crippen LogP contribution in [0, 0.1) is 11.3 Å². The molecule has 1 aliphatic carbocycles. The van der Waals surface area contributed by atoms with E-state index in [1.54, 1.807) is 0 Å². The summed E-state index contributed by atoms with van der Waals surface area (Å²) in [5.74, 6) is 1.91. The summed E-state index contributed by atoms with van der Waals surface area (Å²) in [6.07, 6.45) is 5.46. The van der Waals surface area contributed by atoms with E-state index in [1.807, 2.05) is 0 Å². The Hall–Kier alpha value is -0.730. The van der Waals surface area contributed by atoms with E-state index in [1.165, 1.54) is 25.7 Å². The van der Waals surface area contributed by atoms with Crippen LogP contribution in [-0.4, -0.2) is 37.0 Å². The van der Waals surface area contributed by atoms with Crippen LogP contribution in [0.5, 0.6) is 0 Å². The first kappa shape index (κ1) is 12.7. The average molecular weight is 237 g/mol. The van der Waals surface area contributed by atoms with Crippen molar-refractivity contribution in [2.24, 2.45) is 16.3 Å². The lowest BCUT2D eigenvalue weighted by molar-refractivity contribution is 0.195. The van der Waals surface area contributed by atoms with E-state index in [-0.39, 0.29) is 0 Å². The van der Waals surface area contributed by atoms with Crippen molar-refractivity contribution in [3.05, 3.63) is 0 Å². The first-order chi connectivity index (χ1) is 7.99. The minimum absolute atomic E-state index is 0.308.